The highest BCUT2D eigenvalue weighted by molar-refractivity contribution is 5.74. The lowest BCUT2D eigenvalue weighted by Crippen LogP contribution is -1.93. The number of aromatic amines is 1. The first-order valence-corrected chi connectivity index (χ1v) is 6.70. The van der Waals surface area contributed by atoms with Gasteiger partial charge in [-0.2, -0.15) is 5.10 Å². The van der Waals surface area contributed by atoms with E-state index in [1.165, 1.54) is 0 Å². The Kier molecular flexibility index (Phi) is 2.57. The third-order valence-electron chi connectivity index (χ3n) is 3.56. The van der Waals surface area contributed by atoms with Crippen LogP contribution in [0, 0.1) is 0 Å². The predicted molar refractivity (Wildman–Crippen MR) is 81.5 cm³/mol. The second-order valence-electron chi connectivity index (χ2n) is 4.88. The maximum absolute atomic E-state index is 4.60. The molecule has 0 unspecified atom stereocenters. The molecule has 0 radical (unpaired) electrons. The first-order chi connectivity index (χ1) is 10.3. The van der Waals surface area contributed by atoms with Crippen LogP contribution in [0.25, 0.3) is 33.7 Å². The summed E-state index contributed by atoms with van der Waals surface area (Å²) in [6.07, 6.45) is 5.44. The molecule has 0 spiro atoms. The molecule has 21 heavy (non-hydrogen) atoms. The third kappa shape index (κ3) is 1.99. The molecular formula is C16H13N5. The number of nitrogens with one attached hydrogen (secondary N) is 1. The Morgan fingerprint density at radius 1 is 1.00 bits per heavy atom. The van der Waals surface area contributed by atoms with Crippen LogP contribution in [0.2, 0.25) is 0 Å². The highest BCUT2D eigenvalue weighted by atomic mass is 15.2. The summed E-state index contributed by atoms with van der Waals surface area (Å²) in [5.41, 5.74) is 5.84. The Bertz CT molecular complexity index is 902. The van der Waals surface area contributed by atoms with Gasteiger partial charge in [0.1, 0.15) is 5.52 Å². The summed E-state index contributed by atoms with van der Waals surface area (Å²) < 4.78 is 1.86. The third-order valence-corrected chi connectivity index (χ3v) is 3.56. The molecule has 1 N–H and O–H groups in total. The van der Waals surface area contributed by atoms with Crippen LogP contribution in [0.5, 0.6) is 0 Å². The van der Waals surface area contributed by atoms with Crippen molar-refractivity contribution in [3.8, 4) is 22.5 Å². The zero-order valence-corrected chi connectivity index (χ0v) is 11.5. The molecule has 0 bridgehead atoms. The van der Waals surface area contributed by atoms with E-state index < -0.39 is 0 Å². The molecule has 0 aliphatic rings. The van der Waals surface area contributed by atoms with Crippen LogP contribution in [0.4, 0.5) is 0 Å². The number of hydrogen-bond acceptors (Lipinski definition) is 3. The number of benzene rings is 1. The fourth-order valence-corrected chi connectivity index (χ4v) is 2.44. The Labute approximate surface area is 121 Å². The molecule has 1 aromatic carbocycles. The van der Waals surface area contributed by atoms with Crippen molar-refractivity contribution >= 4 is 11.2 Å². The zero-order chi connectivity index (χ0) is 14.2. The van der Waals surface area contributed by atoms with Gasteiger partial charge < -0.3 is 4.98 Å². The largest absolute Gasteiger partial charge is 0.345 e. The molecule has 0 aliphatic heterocycles. The summed E-state index contributed by atoms with van der Waals surface area (Å²) >= 11 is 0. The zero-order valence-electron chi connectivity index (χ0n) is 11.5. The van der Waals surface area contributed by atoms with Crippen molar-refractivity contribution in [2.45, 2.75) is 0 Å². The van der Waals surface area contributed by atoms with Crippen molar-refractivity contribution in [1.29, 1.82) is 0 Å². The smallest absolute Gasteiger partial charge is 0.156 e. The maximum Gasteiger partial charge on any atom is 0.156 e. The van der Waals surface area contributed by atoms with Gasteiger partial charge in [0.2, 0.25) is 0 Å². The Hall–Kier alpha value is -2.95. The number of fused-ring (bicyclic) bond motifs is 1. The van der Waals surface area contributed by atoms with Crippen molar-refractivity contribution in [3.63, 3.8) is 0 Å². The lowest BCUT2D eigenvalue weighted by Gasteiger charge is -2.04. The van der Waals surface area contributed by atoms with E-state index >= 15 is 0 Å². The highest BCUT2D eigenvalue weighted by Gasteiger charge is 2.06. The van der Waals surface area contributed by atoms with Crippen LogP contribution in [0.1, 0.15) is 0 Å². The molecule has 0 amide bonds. The summed E-state index contributed by atoms with van der Waals surface area (Å²) in [4.78, 5) is 12.0. The van der Waals surface area contributed by atoms with Gasteiger partial charge in [0, 0.05) is 25.0 Å². The summed E-state index contributed by atoms with van der Waals surface area (Å²) in [5, 5.41) is 4.19. The molecule has 102 valence electrons. The minimum atomic E-state index is 0.810. The van der Waals surface area contributed by atoms with Gasteiger partial charge >= 0.3 is 0 Å². The lowest BCUT2D eigenvalue weighted by atomic mass is 10.1. The van der Waals surface area contributed by atoms with Gasteiger partial charge in [-0.05, 0) is 17.7 Å². The normalized spacial score (nSPS) is 11.1. The van der Waals surface area contributed by atoms with Crippen molar-refractivity contribution in [2.24, 2.45) is 7.05 Å². The van der Waals surface area contributed by atoms with E-state index in [9.17, 15) is 0 Å². The van der Waals surface area contributed by atoms with Crippen molar-refractivity contribution < 1.29 is 0 Å². The minimum Gasteiger partial charge on any atom is -0.345 e. The molecule has 3 aromatic heterocycles. The number of H-pyrrole nitrogens is 1. The van der Waals surface area contributed by atoms with Crippen LogP contribution >= 0.6 is 0 Å². The second-order valence-corrected chi connectivity index (χ2v) is 4.88. The van der Waals surface area contributed by atoms with E-state index in [0.717, 1.165) is 33.7 Å². The van der Waals surface area contributed by atoms with Gasteiger partial charge in [-0.25, -0.2) is 9.97 Å². The quantitative estimate of drug-likeness (QED) is 0.611. The Morgan fingerprint density at radius 3 is 2.57 bits per heavy atom. The molecule has 5 heteroatoms. The second kappa shape index (κ2) is 4.56. The average molecular weight is 275 g/mol. The SMILES string of the molecule is Cn1nccc1-c1ccc(-c2cnc3[nH]ccc3n2)cc1. The molecule has 0 saturated carbocycles. The monoisotopic (exact) mass is 275 g/mol. The number of rotatable bonds is 2. The summed E-state index contributed by atoms with van der Waals surface area (Å²) in [6.45, 7) is 0. The van der Waals surface area contributed by atoms with E-state index in [1.54, 1.807) is 12.4 Å². The van der Waals surface area contributed by atoms with E-state index in [2.05, 4.69) is 44.3 Å². The van der Waals surface area contributed by atoms with Crippen LogP contribution in [-0.2, 0) is 7.05 Å². The standard InChI is InChI=1S/C16H13N5/c1-21-15(7-9-19-21)12-4-2-11(3-5-12)14-10-18-16-13(20-14)6-8-17-16/h2-10H,1H3,(H,17,18). The first kappa shape index (κ1) is 11.8. The van der Waals surface area contributed by atoms with Gasteiger partial charge in [-0.1, -0.05) is 24.3 Å². The average Bonchev–Trinajstić information content (AvgIpc) is 3.15. The number of hydrogen-bond donors (Lipinski definition) is 1. The topological polar surface area (TPSA) is 59.4 Å². The molecule has 0 atom stereocenters. The molecule has 0 aliphatic carbocycles. The van der Waals surface area contributed by atoms with Crippen LogP contribution in [-0.4, -0.2) is 24.7 Å². The molecule has 0 saturated heterocycles. The fraction of sp³-hybridized carbons (Fsp3) is 0.0625. The van der Waals surface area contributed by atoms with E-state index in [4.69, 9.17) is 0 Å². The number of aromatic nitrogens is 5. The van der Waals surface area contributed by atoms with Gasteiger partial charge in [0.15, 0.2) is 5.65 Å². The van der Waals surface area contributed by atoms with Crippen LogP contribution < -0.4 is 0 Å². The van der Waals surface area contributed by atoms with E-state index in [-0.39, 0.29) is 0 Å². The van der Waals surface area contributed by atoms with E-state index in [1.807, 2.05) is 30.1 Å². The molecule has 3 heterocycles. The Balaban J connectivity index is 1.74. The predicted octanol–water partition coefficient (Wildman–Crippen LogP) is 3.03. The molecule has 5 nitrogen and oxygen atoms in total. The van der Waals surface area contributed by atoms with Gasteiger partial charge in [-0.15, -0.1) is 0 Å². The van der Waals surface area contributed by atoms with Crippen molar-refractivity contribution in [2.75, 3.05) is 0 Å². The molecule has 4 rings (SSSR count). The van der Waals surface area contributed by atoms with Crippen molar-refractivity contribution in [3.05, 3.63) is 55.0 Å². The van der Waals surface area contributed by atoms with Crippen LogP contribution in [0.15, 0.2) is 55.0 Å². The van der Waals surface area contributed by atoms with E-state index in [0.29, 0.717) is 0 Å². The van der Waals surface area contributed by atoms with Crippen LogP contribution in [0.3, 0.4) is 0 Å². The van der Waals surface area contributed by atoms with Gasteiger partial charge in [-0.3, -0.25) is 4.68 Å². The molecular weight excluding hydrogens is 262 g/mol. The maximum atomic E-state index is 4.60. The van der Waals surface area contributed by atoms with Crippen molar-refractivity contribution in [1.82, 2.24) is 24.7 Å². The summed E-state index contributed by atoms with van der Waals surface area (Å²) in [5.74, 6) is 0. The molecule has 4 aromatic rings. The lowest BCUT2D eigenvalue weighted by molar-refractivity contribution is 0.776. The highest BCUT2D eigenvalue weighted by Crippen LogP contribution is 2.23. The summed E-state index contributed by atoms with van der Waals surface area (Å²) in [7, 11) is 1.94. The fourth-order valence-electron chi connectivity index (χ4n) is 2.44. The minimum absolute atomic E-state index is 0.810. The first-order valence-electron chi connectivity index (χ1n) is 6.70. The Morgan fingerprint density at radius 2 is 1.81 bits per heavy atom. The number of nitrogens with zero attached hydrogens (tertiary/aromatic N) is 4. The van der Waals surface area contributed by atoms with Gasteiger partial charge in [0.05, 0.1) is 17.6 Å². The van der Waals surface area contributed by atoms with Gasteiger partial charge in [0.25, 0.3) is 0 Å². The summed E-state index contributed by atoms with van der Waals surface area (Å²) in [6, 6.07) is 12.2. The number of aryl methyl sites for hydroxylation is 1. The molecule has 0 fully saturated rings.